The first kappa shape index (κ1) is 21.9. The highest BCUT2D eigenvalue weighted by atomic mass is 32.1. The van der Waals surface area contributed by atoms with Gasteiger partial charge in [0.05, 0.1) is 5.56 Å². The molecule has 1 fully saturated rings. The van der Waals surface area contributed by atoms with Crippen molar-refractivity contribution in [2.45, 2.75) is 44.5 Å². The number of nitrogens with one attached hydrogen (secondary N) is 3. The minimum Gasteiger partial charge on any atom is -0.478 e. The molecule has 0 radical (unpaired) electrons. The fourth-order valence-corrected chi connectivity index (χ4v) is 5.99. The summed E-state index contributed by atoms with van der Waals surface area (Å²) in [5, 5.41) is 18.0. The number of amides is 1. The quantitative estimate of drug-likeness (QED) is 0.440. The summed E-state index contributed by atoms with van der Waals surface area (Å²) in [4.78, 5) is 31.3. The minimum absolute atomic E-state index is 0.0114. The predicted octanol–water partition coefficient (Wildman–Crippen LogP) is 3.65. The number of anilines is 1. The standard InChI is InChI=1S/C24H28N4O4S/c1-28-13-19-16(21(24(30)31)23(33-19)27-20-8-4-5-9-32-20)11-15(28)12-25-22(29)18-10-14-6-2-3-7-17(14)26-18/h2-3,6-7,10,15,20,26-27H,4-5,8-9,11-13H2,1H3,(H,25,29)(H,30,31)/t15-,20?/m0/s1. The molecule has 4 heterocycles. The summed E-state index contributed by atoms with van der Waals surface area (Å²) in [6, 6.07) is 9.64. The molecule has 5 rings (SSSR count). The zero-order chi connectivity index (χ0) is 22.9. The van der Waals surface area contributed by atoms with Crippen LogP contribution in [-0.4, -0.2) is 59.3 Å². The molecule has 33 heavy (non-hydrogen) atoms. The van der Waals surface area contributed by atoms with Gasteiger partial charge in [-0.15, -0.1) is 11.3 Å². The van der Waals surface area contributed by atoms with Crippen molar-refractivity contribution in [1.82, 2.24) is 15.2 Å². The summed E-state index contributed by atoms with van der Waals surface area (Å²) < 4.78 is 5.76. The maximum absolute atomic E-state index is 12.7. The van der Waals surface area contributed by atoms with Crippen LogP contribution in [0.3, 0.4) is 0 Å². The second-order valence-corrected chi connectivity index (χ2v) is 9.87. The number of carboxylic acid groups (broad SMARTS) is 1. The first-order valence-electron chi connectivity index (χ1n) is 11.3. The zero-order valence-electron chi connectivity index (χ0n) is 18.5. The molecule has 0 saturated carbocycles. The van der Waals surface area contributed by atoms with Gasteiger partial charge in [0, 0.05) is 41.5 Å². The number of fused-ring (bicyclic) bond motifs is 2. The van der Waals surface area contributed by atoms with Crippen molar-refractivity contribution in [3.63, 3.8) is 0 Å². The molecular formula is C24H28N4O4S. The molecule has 9 heteroatoms. The summed E-state index contributed by atoms with van der Waals surface area (Å²) in [5.41, 5.74) is 2.67. The van der Waals surface area contributed by atoms with Gasteiger partial charge >= 0.3 is 5.97 Å². The third-order valence-electron chi connectivity index (χ3n) is 6.51. The number of likely N-dealkylation sites (N-methyl/N-ethyl adjacent to an activating group) is 1. The Balaban J connectivity index is 1.30. The number of aromatic carboxylic acids is 1. The summed E-state index contributed by atoms with van der Waals surface area (Å²) >= 11 is 1.51. The van der Waals surface area contributed by atoms with Crippen molar-refractivity contribution in [2.75, 3.05) is 25.5 Å². The minimum atomic E-state index is -0.920. The van der Waals surface area contributed by atoms with E-state index in [1.807, 2.05) is 37.4 Å². The largest absolute Gasteiger partial charge is 0.478 e. The lowest BCUT2D eigenvalue weighted by atomic mass is 9.96. The van der Waals surface area contributed by atoms with Crippen molar-refractivity contribution < 1.29 is 19.4 Å². The number of hydrogen-bond donors (Lipinski definition) is 4. The van der Waals surface area contributed by atoms with E-state index in [2.05, 4.69) is 20.5 Å². The second kappa shape index (κ2) is 9.17. The number of aromatic amines is 1. The SMILES string of the molecule is CN1Cc2sc(NC3CCCCO3)c(C(=O)O)c2C[C@H]1CNC(=O)c1cc2ccccc2[nH]1. The monoisotopic (exact) mass is 468 g/mol. The van der Waals surface area contributed by atoms with E-state index in [0.29, 0.717) is 42.4 Å². The molecule has 1 amide bonds. The number of benzene rings is 1. The molecule has 2 aliphatic rings. The number of carbonyl (C=O) groups is 2. The van der Waals surface area contributed by atoms with Crippen LogP contribution in [0.15, 0.2) is 30.3 Å². The Bertz CT molecular complexity index is 1150. The Hall–Kier alpha value is -2.88. The molecule has 3 aromatic rings. The van der Waals surface area contributed by atoms with Crippen molar-refractivity contribution >= 4 is 39.1 Å². The van der Waals surface area contributed by atoms with Crippen LogP contribution >= 0.6 is 11.3 Å². The number of thiophene rings is 1. The molecule has 2 atom stereocenters. The molecule has 8 nitrogen and oxygen atoms in total. The van der Waals surface area contributed by atoms with Crippen molar-refractivity contribution in [1.29, 1.82) is 0 Å². The van der Waals surface area contributed by atoms with Crippen LogP contribution in [0.1, 0.15) is 50.5 Å². The van der Waals surface area contributed by atoms with Gasteiger partial charge in [-0.25, -0.2) is 4.79 Å². The van der Waals surface area contributed by atoms with Crippen molar-refractivity contribution in [3.05, 3.63) is 52.0 Å². The third kappa shape index (κ3) is 4.48. The summed E-state index contributed by atoms with van der Waals surface area (Å²) in [6.07, 6.45) is 3.43. The normalized spacial score (nSPS) is 21.0. The van der Waals surface area contributed by atoms with Gasteiger partial charge in [-0.05, 0) is 50.4 Å². The van der Waals surface area contributed by atoms with Crippen LogP contribution in [-0.2, 0) is 17.7 Å². The van der Waals surface area contributed by atoms with E-state index in [4.69, 9.17) is 4.74 Å². The molecule has 0 aliphatic carbocycles. The maximum Gasteiger partial charge on any atom is 0.338 e. The summed E-state index contributed by atoms with van der Waals surface area (Å²) in [6.45, 7) is 1.79. The van der Waals surface area contributed by atoms with Gasteiger partial charge in [-0.3, -0.25) is 9.69 Å². The van der Waals surface area contributed by atoms with Crippen molar-refractivity contribution in [3.8, 4) is 0 Å². The Morgan fingerprint density at radius 2 is 2.15 bits per heavy atom. The Morgan fingerprint density at radius 3 is 2.91 bits per heavy atom. The van der Waals surface area contributed by atoms with E-state index >= 15 is 0 Å². The van der Waals surface area contributed by atoms with E-state index in [0.717, 1.165) is 40.6 Å². The van der Waals surface area contributed by atoms with Gasteiger partial charge in [0.15, 0.2) is 0 Å². The number of para-hydroxylation sites is 1. The van der Waals surface area contributed by atoms with E-state index in [-0.39, 0.29) is 18.2 Å². The zero-order valence-corrected chi connectivity index (χ0v) is 19.3. The first-order chi connectivity index (χ1) is 16.0. The maximum atomic E-state index is 12.7. The van der Waals surface area contributed by atoms with Crippen LogP contribution in [0.25, 0.3) is 10.9 Å². The number of H-pyrrole nitrogens is 1. The smallest absolute Gasteiger partial charge is 0.338 e. The number of nitrogens with zero attached hydrogens (tertiary/aromatic N) is 1. The fraction of sp³-hybridized carbons (Fsp3) is 0.417. The van der Waals surface area contributed by atoms with Gasteiger partial charge in [0.25, 0.3) is 5.91 Å². The Morgan fingerprint density at radius 1 is 1.30 bits per heavy atom. The van der Waals surface area contributed by atoms with E-state index in [1.54, 1.807) is 0 Å². The Labute approximate surface area is 195 Å². The third-order valence-corrected chi connectivity index (χ3v) is 7.65. The van der Waals surface area contributed by atoms with E-state index in [1.165, 1.54) is 11.3 Å². The predicted molar refractivity (Wildman–Crippen MR) is 128 cm³/mol. The van der Waals surface area contributed by atoms with Gasteiger partial charge in [-0.1, -0.05) is 18.2 Å². The van der Waals surface area contributed by atoms with Gasteiger partial charge < -0.3 is 25.5 Å². The average Bonchev–Trinajstić information content (AvgIpc) is 3.39. The topological polar surface area (TPSA) is 107 Å². The van der Waals surface area contributed by atoms with Crippen LogP contribution < -0.4 is 10.6 Å². The van der Waals surface area contributed by atoms with Crippen LogP contribution in [0.2, 0.25) is 0 Å². The Kier molecular flexibility index (Phi) is 6.09. The van der Waals surface area contributed by atoms with E-state index < -0.39 is 5.97 Å². The van der Waals surface area contributed by atoms with Crippen LogP contribution in [0.4, 0.5) is 5.00 Å². The van der Waals surface area contributed by atoms with Gasteiger partial charge in [-0.2, -0.15) is 0 Å². The number of ether oxygens (including phenoxy) is 1. The lowest BCUT2D eigenvalue weighted by Crippen LogP contribution is -2.45. The highest BCUT2D eigenvalue weighted by Crippen LogP contribution is 2.39. The second-order valence-electron chi connectivity index (χ2n) is 8.77. The molecule has 4 N–H and O–H groups in total. The molecule has 2 aliphatic heterocycles. The molecule has 2 aromatic heterocycles. The number of hydrogen-bond acceptors (Lipinski definition) is 6. The highest BCUT2D eigenvalue weighted by molar-refractivity contribution is 7.16. The number of carboxylic acids is 1. The van der Waals surface area contributed by atoms with Gasteiger partial charge in [0.2, 0.25) is 0 Å². The molecular weight excluding hydrogens is 440 g/mol. The lowest BCUT2D eigenvalue weighted by molar-refractivity contribution is 0.0344. The average molecular weight is 469 g/mol. The number of aromatic nitrogens is 1. The fourth-order valence-electron chi connectivity index (χ4n) is 4.66. The molecule has 174 valence electrons. The molecule has 1 aromatic carbocycles. The summed E-state index contributed by atoms with van der Waals surface area (Å²) in [7, 11) is 2.01. The molecule has 1 saturated heterocycles. The van der Waals surface area contributed by atoms with Crippen LogP contribution in [0, 0.1) is 0 Å². The molecule has 1 unspecified atom stereocenters. The van der Waals surface area contributed by atoms with E-state index in [9.17, 15) is 14.7 Å². The number of carbonyl (C=O) groups excluding carboxylic acids is 1. The number of rotatable bonds is 6. The highest BCUT2D eigenvalue weighted by Gasteiger charge is 2.32. The first-order valence-corrected chi connectivity index (χ1v) is 12.1. The molecule has 0 bridgehead atoms. The molecule has 0 spiro atoms. The van der Waals surface area contributed by atoms with Gasteiger partial charge in [0.1, 0.15) is 16.9 Å². The van der Waals surface area contributed by atoms with Crippen molar-refractivity contribution in [2.24, 2.45) is 0 Å². The lowest BCUT2D eigenvalue weighted by Gasteiger charge is -2.32. The summed E-state index contributed by atoms with van der Waals surface area (Å²) in [5.74, 6) is -1.08. The van der Waals surface area contributed by atoms with Crippen LogP contribution in [0.5, 0.6) is 0 Å².